The molecule has 1 aromatic carbocycles. The van der Waals surface area contributed by atoms with Gasteiger partial charge in [0, 0.05) is 23.5 Å². The van der Waals surface area contributed by atoms with E-state index in [-0.39, 0.29) is 0 Å². The van der Waals surface area contributed by atoms with Crippen molar-refractivity contribution < 1.29 is 4.42 Å². The number of hydrogen-bond donors (Lipinski definition) is 1. The second-order valence-electron chi connectivity index (χ2n) is 6.58. The van der Waals surface area contributed by atoms with Crippen LogP contribution in [0.4, 0.5) is 0 Å². The van der Waals surface area contributed by atoms with E-state index in [0.717, 1.165) is 29.8 Å². The Morgan fingerprint density at radius 3 is 2.90 bits per heavy atom. The Morgan fingerprint density at radius 2 is 2.00 bits per heavy atom. The molecule has 2 N–H and O–H groups in total. The highest BCUT2D eigenvalue weighted by Crippen LogP contribution is 2.38. The first-order valence-electron chi connectivity index (χ1n) is 8.30. The zero-order chi connectivity index (χ0) is 14.2. The molecular formula is C18H24N2O. The second kappa shape index (κ2) is 5.47. The quantitative estimate of drug-likeness (QED) is 0.935. The topological polar surface area (TPSA) is 42.4 Å². The fraction of sp³-hybridized carbons (Fsp3) is 0.556. The Balaban J connectivity index is 1.62. The molecule has 0 radical (unpaired) electrons. The van der Waals surface area contributed by atoms with Gasteiger partial charge < -0.3 is 10.2 Å². The van der Waals surface area contributed by atoms with Crippen molar-refractivity contribution in [2.24, 2.45) is 11.7 Å². The summed E-state index contributed by atoms with van der Waals surface area (Å²) >= 11 is 0. The normalized spacial score (nSPS) is 26.3. The number of furan rings is 1. The first kappa shape index (κ1) is 13.4. The lowest BCUT2D eigenvalue weighted by Crippen LogP contribution is -2.34. The molecule has 1 saturated carbocycles. The van der Waals surface area contributed by atoms with Crippen LogP contribution in [-0.2, 0) is 13.1 Å². The van der Waals surface area contributed by atoms with Gasteiger partial charge in [0.2, 0.25) is 0 Å². The molecule has 2 aliphatic rings. The van der Waals surface area contributed by atoms with Gasteiger partial charge in [-0.2, -0.15) is 0 Å². The van der Waals surface area contributed by atoms with Gasteiger partial charge in [0.1, 0.15) is 11.3 Å². The lowest BCUT2D eigenvalue weighted by atomic mass is 9.85. The van der Waals surface area contributed by atoms with Gasteiger partial charge in [-0.05, 0) is 37.8 Å². The molecule has 1 aromatic heterocycles. The van der Waals surface area contributed by atoms with Crippen molar-refractivity contribution in [2.45, 2.75) is 51.2 Å². The number of hydrogen-bond acceptors (Lipinski definition) is 3. The molecule has 2 atom stereocenters. The highest BCUT2D eigenvalue weighted by molar-refractivity contribution is 5.82. The summed E-state index contributed by atoms with van der Waals surface area (Å²) in [5.41, 5.74) is 8.17. The van der Waals surface area contributed by atoms with Crippen molar-refractivity contribution in [2.75, 3.05) is 6.54 Å². The first-order valence-corrected chi connectivity index (χ1v) is 8.30. The lowest BCUT2D eigenvalue weighted by Gasteiger charge is -2.31. The number of nitrogens with two attached hydrogens (primary N) is 1. The van der Waals surface area contributed by atoms with Crippen molar-refractivity contribution in [3.8, 4) is 0 Å². The number of fused-ring (bicyclic) bond motifs is 2. The molecule has 1 aliphatic carbocycles. The summed E-state index contributed by atoms with van der Waals surface area (Å²) in [5.74, 6) is 2.01. The van der Waals surface area contributed by atoms with Crippen LogP contribution in [0.1, 0.15) is 43.4 Å². The summed E-state index contributed by atoms with van der Waals surface area (Å²) in [6.07, 6.45) is 6.96. The van der Waals surface area contributed by atoms with Gasteiger partial charge in [0.15, 0.2) is 0 Å². The lowest BCUT2D eigenvalue weighted by molar-refractivity contribution is 0.166. The van der Waals surface area contributed by atoms with E-state index >= 15 is 0 Å². The van der Waals surface area contributed by atoms with Gasteiger partial charge in [-0.15, -0.1) is 0 Å². The van der Waals surface area contributed by atoms with Gasteiger partial charge in [0.05, 0.1) is 6.54 Å². The van der Waals surface area contributed by atoms with E-state index in [2.05, 4.69) is 17.0 Å². The van der Waals surface area contributed by atoms with Crippen LogP contribution >= 0.6 is 0 Å². The second-order valence-corrected chi connectivity index (χ2v) is 6.58. The van der Waals surface area contributed by atoms with E-state index in [1.165, 1.54) is 49.6 Å². The third kappa shape index (κ3) is 2.29. The van der Waals surface area contributed by atoms with Crippen LogP contribution in [0.25, 0.3) is 11.0 Å². The Morgan fingerprint density at radius 1 is 1.14 bits per heavy atom. The summed E-state index contributed by atoms with van der Waals surface area (Å²) in [4.78, 5) is 2.64. The molecule has 2 fully saturated rings. The molecule has 2 heterocycles. The highest BCUT2D eigenvalue weighted by Gasteiger charge is 2.36. The standard InChI is InChI=1S/C18H24N2O/c19-11-15-14-6-2-4-8-17(14)21-18(15)12-20-10-9-13-5-1-3-7-16(13)20/h2,4,6,8,13,16H,1,3,5,7,9-12,19H2. The van der Waals surface area contributed by atoms with Crippen LogP contribution in [0, 0.1) is 5.92 Å². The van der Waals surface area contributed by atoms with E-state index in [4.69, 9.17) is 10.2 Å². The van der Waals surface area contributed by atoms with Crippen LogP contribution in [0.5, 0.6) is 0 Å². The van der Waals surface area contributed by atoms with Crippen molar-refractivity contribution in [1.82, 2.24) is 4.90 Å². The van der Waals surface area contributed by atoms with Gasteiger partial charge >= 0.3 is 0 Å². The Labute approximate surface area is 126 Å². The molecule has 2 unspecified atom stereocenters. The van der Waals surface area contributed by atoms with Crippen molar-refractivity contribution in [3.63, 3.8) is 0 Å². The highest BCUT2D eigenvalue weighted by atomic mass is 16.3. The third-order valence-electron chi connectivity index (χ3n) is 5.46. The molecule has 2 aromatic rings. The fourth-order valence-electron chi connectivity index (χ4n) is 4.38. The number of rotatable bonds is 3. The fourth-order valence-corrected chi connectivity index (χ4v) is 4.38. The van der Waals surface area contributed by atoms with Crippen LogP contribution in [-0.4, -0.2) is 17.5 Å². The molecule has 21 heavy (non-hydrogen) atoms. The summed E-state index contributed by atoms with van der Waals surface area (Å²) in [5, 5.41) is 1.19. The van der Waals surface area contributed by atoms with Crippen molar-refractivity contribution in [3.05, 3.63) is 35.6 Å². The van der Waals surface area contributed by atoms with Gasteiger partial charge in [0.25, 0.3) is 0 Å². The zero-order valence-electron chi connectivity index (χ0n) is 12.6. The SMILES string of the molecule is NCc1c(CN2CCC3CCCCC32)oc2ccccc12. The maximum Gasteiger partial charge on any atom is 0.134 e. The summed E-state index contributed by atoms with van der Waals surface area (Å²) in [6.45, 7) is 2.72. The minimum atomic E-state index is 0.564. The molecule has 0 bridgehead atoms. The Kier molecular flexibility index (Phi) is 3.48. The van der Waals surface area contributed by atoms with Crippen LogP contribution < -0.4 is 5.73 Å². The molecule has 0 spiro atoms. The smallest absolute Gasteiger partial charge is 0.134 e. The minimum Gasteiger partial charge on any atom is -0.459 e. The Hall–Kier alpha value is -1.32. The van der Waals surface area contributed by atoms with Gasteiger partial charge in [-0.25, -0.2) is 0 Å². The molecule has 1 saturated heterocycles. The Bertz CT molecular complexity index is 633. The van der Waals surface area contributed by atoms with E-state index in [9.17, 15) is 0 Å². The summed E-state index contributed by atoms with van der Waals surface area (Å²) < 4.78 is 6.11. The van der Waals surface area contributed by atoms with E-state index in [0.29, 0.717) is 6.54 Å². The van der Waals surface area contributed by atoms with E-state index in [1.807, 2.05) is 12.1 Å². The number of likely N-dealkylation sites (tertiary alicyclic amines) is 1. The predicted octanol–water partition coefficient (Wildman–Crippen LogP) is 3.66. The maximum absolute atomic E-state index is 6.11. The summed E-state index contributed by atoms with van der Waals surface area (Å²) in [7, 11) is 0. The summed E-state index contributed by atoms with van der Waals surface area (Å²) in [6, 6.07) is 9.04. The van der Waals surface area contributed by atoms with Crippen molar-refractivity contribution >= 4 is 11.0 Å². The number of nitrogens with zero attached hydrogens (tertiary/aromatic N) is 1. The van der Waals surface area contributed by atoms with E-state index in [1.54, 1.807) is 0 Å². The van der Waals surface area contributed by atoms with Crippen LogP contribution in [0.2, 0.25) is 0 Å². The monoisotopic (exact) mass is 284 g/mol. The molecule has 112 valence electrons. The first-order chi connectivity index (χ1) is 10.4. The molecule has 1 aliphatic heterocycles. The average Bonchev–Trinajstić information content (AvgIpc) is 3.09. The molecule has 3 nitrogen and oxygen atoms in total. The third-order valence-corrected chi connectivity index (χ3v) is 5.46. The van der Waals surface area contributed by atoms with Crippen LogP contribution in [0.15, 0.2) is 28.7 Å². The molecule has 0 amide bonds. The predicted molar refractivity (Wildman–Crippen MR) is 84.9 cm³/mol. The van der Waals surface area contributed by atoms with Crippen LogP contribution in [0.3, 0.4) is 0 Å². The van der Waals surface area contributed by atoms with Crippen molar-refractivity contribution in [1.29, 1.82) is 0 Å². The largest absolute Gasteiger partial charge is 0.459 e. The van der Waals surface area contributed by atoms with E-state index < -0.39 is 0 Å². The molecule has 4 rings (SSSR count). The number of benzene rings is 1. The molecule has 3 heteroatoms. The minimum absolute atomic E-state index is 0.564. The van der Waals surface area contributed by atoms with Gasteiger partial charge in [-0.3, -0.25) is 4.90 Å². The number of para-hydroxylation sites is 1. The van der Waals surface area contributed by atoms with Gasteiger partial charge in [-0.1, -0.05) is 31.0 Å². The molecular weight excluding hydrogens is 260 g/mol. The average molecular weight is 284 g/mol. The maximum atomic E-state index is 6.11. The zero-order valence-corrected chi connectivity index (χ0v) is 12.6.